The number of quaternary nitrogens is 1. The quantitative estimate of drug-likeness (QED) is 0.835. The number of anilines is 1. The van der Waals surface area contributed by atoms with Crippen LogP contribution in [-0.2, 0) is 9.59 Å². The number of carbonyl (C=O) groups excluding carboxylic acids is 2. The molecular formula is C19H28N3O2+. The number of nitrogens with zero attached hydrogens (tertiary/aromatic N) is 2. The molecule has 2 fully saturated rings. The average molecular weight is 330 g/mol. The van der Waals surface area contributed by atoms with Gasteiger partial charge in [0.1, 0.15) is 0 Å². The summed E-state index contributed by atoms with van der Waals surface area (Å²) in [6.07, 6.45) is 1.87. The Labute approximate surface area is 144 Å². The van der Waals surface area contributed by atoms with Gasteiger partial charge in [0, 0.05) is 18.5 Å². The van der Waals surface area contributed by atoms with E-state index in [1.54, 1.807) is 0 Å². The van der Waals surface area contributed by atoms with E-state index in [1.807, 2.05) is 13.0 Å². The van der Waals surface area contributed by atoms with E-state index in [-0.39, 0.29) is 17.2 Å². The maximum atomic E-state index is 12.4. The van der Waals surface area contributed by atoms with Crippen LogP contribution in [-0.4, -0.2) is 49.6 Å². The van der Waals surface area contributed by atoms with Crippen LogP contribution < -0.4 is 9.80 Å². The number of carbonyl (C=O) groups is 2. The number of rotatable bonds is 4. The summed E-state index contributed by atoms with van der Waals surface area (Å²) in [5.41, 5.74) is 1.10. The largest absolute Gasteiger partial charge is 0.360 e. The molecule has 1 aromatic rings. The predicted molar refractivity (Wildman–Crippen MR) is 93.7 cm³/mol. The minimum atomic E-state index is -0.147. The van der Waals surface area contributed by atoms with Gasteiger partial charge in [0.2, 0.25) is 11.8 Å². The van der Waals surface area contributed by atoms with Gasteiger partial charge in [-0.3, -0.25) is 9.59 Å². The van der Waals surface area contributed by atoms with Crippen molar-refractivity contribution in [1.29, 1.82) is 0 Å². The summed E-state index contributed by atoms with van der Waals surface area (Å²) in [6, 6.07) is 10.4. The molecule has 1 N–H and O–H groups in total. The number of nitrogens with one attached hydrogen (secondary N) is 1. The Kier molecular flexibility index (Phi) is 4.90. The molecule has 0 aromatic heterocycles. The molecule has 0 unspecified atom stereocenters. The molecule has 0 bridgehead atoms. The monoisotopic (exact) mass is 330 g/mol. The summed E-state index contributed by atoms with van der Waals surface area (Å²) in [7, 11) is 0. The van der Waals surface area contributed by atoms with Gasteiger partial charge in [-0.2, -0.15) is 0 Å². The molecule has 0 radical (unpaired) electrons. The highest BCUT2D eigenvalue weighted by Gasteiger charge is 2.41. The lowest BCUT2D eigenvalue weighted by Gasteiger charge is -2.39. The fraction of sp³-hybridized carbons (Fsp3) is 0.579. The zero-order valence-electron chi connectivity index (χ0n) is 14.8. The van der Waals surface area contributed by atoms with Crippen LogP contribution in [0, 0.1) is 5.41 Å². The molecular weight excluding hydrogens is 302 g/mol. The highest BCUT2D eigenvalue weighted by molar-refractivity contribution is 5.98. The SMILES string of the molecule is CCC1(C)CC(=O)N(C[NH+]2CCN(c3ccccc3)CC2)C(=O)C1. The van der Waals surface area contributed by atoms with Crippen molar-refractivity contribution in [3.05, 3.63) is 30.3 Å². The Balaban J connectivity index is 1.55. The first kappa shape index (κ1) is 17.0. The topological polar surface area (TPSA) is 45.1 Å². The van der Waals surface area contributed by atoms with Gasteiger partial charge in [-0.05, 0) is 24.0 Å². The van der Waals surface area contributed by atoms with E-state index in [0.717, 1.165) is 32.6 Å². The summed E-state index contributed by atoms with van der Waals surface area (Å²) in [5, 5.41) is 0. The van der Waals surface area contributed by atoms with Crippen molar-refractivity contribution in [3.8, 4) is 0 Å². The van der Waals surface area contributed by atoms with E-state index >= 15 is 0 Å². The van der Waals surface area contributed by atoms with Crippen LogP contribution in [0.5, 0.6) is 0 Å². The third kappa shape index (κ3) is 3.61. The van der Waals surface area contributed by atoms with Gasteiger partial charge in [-0.1, -0.05) is 32.0 Å². The zero-order chi connectivity index (χ0) is 17.2. The second-order valence-electron chi connectivity index (χ2n) is 7.46. The summed E-state index contributed by atoms with van der Waals surface area (Å²) < 4.78 is 0. The number of piperazine rings is 1. The van der Waals surface area contributed by atoms with Gasteiger partial charge in [0.05, 0.1) is 26.2 Å². The van der Waals surface area contributed by atoms with Crippen LogP contribution in [0.1, 0.15) is 33.1 Å². The summed E-state index contributed by atoms with van der Waals surface area (Å²) >= 11 is 0. The number of piperidine rings is 1. The molecule has 130 valence electrons. The van der Waals surface area contributed by atoms with Crippen LogP contribution >= 0.6 is 0 Å². The van der Waals surface area contributed by atoms with E-state index in [1.165, 1.54) is 15.5 Å². The Morgan fingerprint density at radius 3 is 2.17 bits per heavy atom. The molecule has 0 aliphatic carbocycles. The first-order valence-corrected chi connectivity index (χ1v) is 8.97. The van der Waals surface area contributed by atoms with Crippen molar-refractivity contribution in [1.82, 2.24) is 4.90 Å². The van der Waals surface area contributed by atoms with Crippen molar-refractivity contribution in [2.24, 2.45) is 5.41 Å². The Morgan fingerprint density at radius 1 is 1.04 bits per heavy atom. The number of likely N-dealkylation sites (tertiary alicyclic amines) is 1. The Morgan fingerprint density at radius 2 is 1.62 bits per heavy atom. The molecule has 2 amide bonds. The second kappa shape index (κ2) is 6.93. The number of benzene rings is 1. The van der Waals surface area contributed by atoms with Crippen molar-refractivity contribution < 1.29 is 14.5 Å². The summed E-state index contributed by atoms with van der Waals surface area (Å²) in [6.45, 7) is 8.47. The van der Waals surface area contributed by atoms with Crippen LogP contribution in [0.2, 0.25) is 0 Å². The molecule has 0 atom stereocenters. The van der Waals surface area contributed by atoms with Gasteiger partial charge in [0.15, 0.2) is 6.67 Å². The lowest BCUT2D eigenvalue weighted by Crippen LogP contribution is -3.16. The second-order valence-corrected chi connectivity index (χ2v) is 7.46. The minimum Gasteiger partial charge on any atom is -0.360 e. The maximum absolute atomic E-state index is 12.4. The van der Waals surface area contributed by atoms with Crippen LogP contribution in [0.3, 0.4) is 0 Å². The van der Waals surface area contributed by atoms with E-state index in [4.69, 9.17) is 0 Å². The molecule has 3 rings (SSSR count). The summed E-state index contributed by atoms with van der Waals surface area (Å²) in [4.78, 5) is 30.0. The first-order valence-electron chi connectivity index (χ1n) is 8.97. The van der Waals surface area contributed by atoms with Crippen molar-refractivity contribution in [2.75, 3.05) is 37.7 Å². The van der Waals surface area contributed by atoms with Crippen molar-refractivity contribution in [3.63, 3.8) is 0 Å². The molecule has 0 saturated carbocycles. The van der Waals surface area contributed by atoms with E-state index in [2.05, 4.69) is 36.1 Å². The normalized spacial score (nSPS) is 22.1. The maximum Gasteiger partial charge on any atom is 0.234 e. The number of imide groups is 1. The molecule has 2 saturated heterocycles. The third-order valence-corrected chi connectivity index (χ3v) is 5.59. The van der Waals surface area contributed by atoms with Gasteiger partial charge >= 0.3 is 0 Å². The van der Waals surface area contributed by atoms with E-state index < -0.39 is 0 Å². The predicted octanol–water partition coefficient (Wildman–Crippen LogP) is 0.914. The Bertz CT molecular complexity index is 576. The number of para-hydroxylation sites is 1. The number of hydrogen-bond donors (Lipinski definition) is 1. The molecule has 5 nitrogen and oxygen atoms in total. The lowest BCUT2D eigenvalue weighted by molar-refractivity contribution is -0.908. The Hall–Kier alpha value is -1.88. The standard InChI is InChI=1S/C19H27N3O2/c1-3-19(2)13-17(23)22(18(24)14-19)15-20-9-11-21(12-10-20)16-7-5-4-6-8-16/h4-8H,3,9-15H2,1-2H3/p+1. The van der Waals surface area contributed by atoms with Crippen molar-refractivity contribution >= 4 is 17.5 Å². The molecule has 2 aliphatic heterocycles. The highest BCUT2D eigenvalue weighted by Crippen LogP contribution is 2.34. The van der Waals surface area contributed by atoms with Gasteiger partial charge < -0.3 is 9.80 Å². The highest BCUT2D eigenvalue weighted by atomic mass is 16.2. The number of hydrogen-bond acceptors (Lipinski definition) is 3. The van der Waals surface area contributed by atoms with Crippen LogP contribution in [0.4, 0.5) is 5.69 Å². The van der Waals surface area contributed by atoms with Gasteiger partial charge in [-0.15, -0.1) is 0 Å². The lowest BCUT2D eigenvalue weighted by atomic mass is 9.77. The molecule has 2 heterocycles. The molecule has 1 aromatic carbocycles. The molecule has 0 spiro atoms. The first-order chi connectivity index (χ1) is 11.5. The fourth-order valence-corrected chi connectivity index (χ4v) is 3.65. The smallest absolute Gasteiger partial charge is 0.234 e. The number of amides is 2. The minimum absolute atomic E-state index is 0.00795. The van der Waals surface area contributed by atoms with Gasteiger partial charge in [-0.25, -0.2) is 4.90 Å². The van der Waals surface area contributed by atoms with E-state index in [9.17, 15) is 9.59 Å². The van der Waals surface area contributed by atoms with Crippen LogP contribution in [0.15, 0.2) is 30.3 Å². The fourth-order valence-electron chi connectivity index (χ4n) is 3.65. The molecule has 24 heavy (non-hydrogen) atoms. The molecule has 2 aliphatic rings. The van der Waals surface area contributed by atoms with Crippen molar-refractivity contribution in [2.45, 2.75) is 33.1 Å². The zero-order valence-corrected chi connectivity index (χ0v) is 14.8. The van der Waals surface area contributed by atoms with Crippen LogP contribution in [0.25, 0.3) is 0 Å². The van der Waals surface area contributed by atoms with E-state index in [0.29, 0.717) is 19.5 Å². The third-order valence-electron chi connectivity index (χ3n) is 5.59. The average Bonchev–Trinajstić information content (AvgIpc) is 2.59. The van der Waals surface area contributed by atoms with Gasteiger partial charge in [0.25, 0.3) is 0 Å². The molecule has 5 heteroatoms. The summed E-state index contributed by atoms with van der Waals surface area (Å²) in [5.74, 6) is 0.0159.